The summed E-state index contributed by atoms with van der Waals surface area (Å²) in [5.74, 6) is 0.577. The molecule has 0 aromatic rings. The van der Waals surface area contributed by atoms with Gasteiger partial charge in [0.1, 0.15) is 6.10 Å². The Hall–Kier alpha value is -1.10. The van der Waals surface area contributed by atoms with Gasteiger partial charge in [-0.05, 0) is 25.8 Å². The van der Waals surface area contributed by atoms with Crippen molar-refractivity contribution in [1.82, 2.24) is 9.80 Å². The SMILES string of the molecule is CN1C2CC3CC1C(C2OC=O)N(C=O)C3. The minimum atomic E-state index is -0.134. The van der Waals surface area contributed by atoms with Crippen molar-refractivity contribution in [3.05, 3.63) is 0 Å². The van der Waals surface area contributed by atoms with Crippen LogP contribution in [0.2, 0.25) is 0 Å². The highest BCUT2D eigenvalue weighted by Crippen LogP contribution is 2.45. The number of ether oxygens (including phenoxy) is 1. The van der Waals surface area contributed by atoms with Crippen molar-refractivity contribution in [1.29, 1.82) is 0 Å². The zero-order valence-electron chi connectivity index (χ0n) is 9.28. The molecule has 3 aliphatic rings. The summed E-state index contributed by atoms with van der Waals surface area (Å²) in [4.78, 5) is 25.8. The maximum Gasteiger partial charge on any atom is 0.293 e. The van der Waals surface area contributed by atoms with Crippen molar-refractivity contribution >= 4 is 12.9 Å². The Morgan fingerprint density at radius 3 is 2.69 bits per heavy atom. The smallest absolute Gasteiger partial charge is 0.293 e. The fourth-order valence-electron chi connectivity index (χ4n) is 3.88. The maximum absolute atomic E-state index is 11.1. The van der Waals surface area contributed by atoms with Gasteiger partial charge in [0, 0.05) is 18.6 Å². The predicted octanol–water partition coefficient (Wildman–Crippen LogP) is -0.539. The minimum absolute atomic E-state index is 0.0662. The largest absolute Gasteiger partial charge is 0.461 e. The highest BCUT2D eigenvalue weighted by molar-refractivity contribution is 5.50. The van der Waals surface area contributed by atoms with Crippen molar-refractivity contribution in [3.63, 3.8) is 0 Å². The molecule has 0 saturated carbocycles. The summed E-state index contributed by atoms with van der Waals surface area (Å²) in [5.41, 5.74) is 0. The zero-order chi connectivity index (χ0) is 11.3. The summed E-state index contributed by atoms with van der Waals surface area (Å²) >= 11 is 0. The second kappa shape index (κ2) is 3.45. The number of hydrogen-bond acceptors (Lipinski definition) is 4. The molecule has 5 nitrogen and oxygen atoms in total. The minimum Gasteiger partial charge on any atom is -0.461 e. The molecule has 0 aromatic heterocycles. The van der Waals surface area contributed by atoms with E-state index in [9.17, 15) is 9.59 Å². The van der Waals surface area contributed by atoms with Gasteiger partial charge in [0.15, 0.2) is 0 Å². The van der Waals surface area contributed by atoms with Gasteiger partial charge in [-0.2, -0.15) is 0 Å². The first kappa shape index (κ1) is 10.1. The van der Waals surface area contributed by atoms with Crippen LogP contribution in [-0.2, 0) is 14.3 Å². The third-order valence-electron chi connectivity index (χ3n) is 4.51. The van der Waals surface area contributed by atoms with E-state index in [1.165, 1.54) is 0 Å². The lowest BCUT2D eigenvalue weighted by Crippen LogP contribution is -2.55. The van der Waals surface area contributed by atoms with Crippen LogP contribution >= 0.6 is 0 Å². The Morgan fingerprint density at radius 2 is 2.00 bits per heavy atom. The number of rotatable bonds is 3. The molecule has 3 fully saturated rings. The lowest BCUT2D eigenvalue weighted by atomic mass is 9.87. The van der Waals surface area contributed by atoms with Crippen molar-refractivity contribution in [2.75, 3.05) is 13.6 Å². The van der Waals surface area contributed by atoms with E-state index in [1.54, 1.807) is 0 Å². The maximum atomic E-state index is 11.1. The topological polar surface area (TPSA) is 49.9 Å². The van der Waals surface area contributed by atoms with E-state index in [-0.39, 0.29) is 12.1 Å². The summed E-state index contributed by atoms with van der Waals surface area (Å²) in [7, 11) is 2.07. The Bertz CT molecular complexity index is 320. The highest BCUT2D eigenvalue weighted by atomic mass is 16.5. The fourth-order valence-corrected chi connectivity index (χ4v) is 3.88. The van der Waals surface area contributed by atoms with Gasteiger partial charge in [0.2, 0.25) is 6.41 Å². The van der Waals surface area contributed by atoms with Crippen molar-refractivity contribution in [2.24, 2.45) is 5.92 Å². The summed E-state index contributed by atoms with van der Waals surface area (Å²) in [6.45, 7) is 1.35. The predicted molar refractivity (Wildman–Crippen MR) is 55.6 cm³/mol. The molecule has 88 valence electrons. The van der Waals surface area contributed by atoms with Gasteiger partial charge in [0.25, 0.3) is 6.47 Å². The summed E-state index contributed by atoms with van der Waals surface area (Å²) < 4.78 is 5.23. The van der Waals surface area contributed by atoms with Gasteiger partial charge >= 0.3 is 0 Å². The van der Waals surface area contributed by atoms with Crippen LogP contribution in [0.25, 0.3) is 0 Å². The van der Waals surface area contributed by atoms with E-state index in [2.05, 4.69) is 11.9 Å². The zero-order valence-corrected chi connectivity index (χ0v) is 9.28. The van der Waals surface area contributed by atoms with E-state index in [0.29, 0.717) is 24.5 Å². The molecule has 5 atom stereocenters. The molecule has 3 aliphatic heterocycles. The molecule has 0 spiro atoms. The lowest BCUT2D eigenvalue weighted by molar-refractivity contribution is -0.139. The van der Waals surface area contributed by atoms with E-state index < -0.39 is 0 Å². The third-order valence-corrected chi connectivity index (χ3v) is 4.51. The number of carbonyl (C=O) groups is 2. The quantitative estimate of drug-likeness (QED) is 0.604. The monoisotopic (exact) mass is 224 g/mol. The number of amides is 1. The molecule has 1 amide bonds. The Balaban J connectivity index is 1.96. The van der Waals surface area contributed by atoms with Crippen molar-refractivity contribution < 1.29 is 14.3 Å². The van der Waals surface area contributed by atoms with Gasteiger partial charge in [-0.3, -0.25) is 14.5 Å². The molecule has 3 heterocycles. The fraction of sp³-hybridized carbons (Fsp3) is 0.818. The average molecular weight is 224 g/mol. The number of nitrogens with zero attached hydrogens (tertiary/aromatic N) is 2. The normalized spacial score (nSPS) is 45.8. The summed E-state index contributed by atoms with van der Waals surface area (Å²) in [6.07, 6.45) is 2.93. The first-order valence-electron chi connectivity index (χ1n) is 5.78. The number of carbonyl (C=O) groups excluding carboxylic acids is 2. The second-order valence-electron chi connectivity index (χ2n) is 5.13. The first-order chi connectivity index (χ1) is 7.76. The molecule has 0 aliphatic carbocycles. The highest BCUT2D eigenvalue weighted by Gasteiger charge is 2.58. The van der Waals surface area contributed by atoms with Crippen LogP contribution in [0.1, 0.15) is 12.8 Å². The molecule has 3 bridgehead atoms. The molecule has 5 heteroatoms. The molecular weight excluding hydrogens is 208 g/mol. The van der Waals surface area contributed by atoms with Crippen LogP contribution < -0.4 is 0 Å². The van der Waals surface area contributed by atoms with Crippen LogP contribution in [0, 0.1) is 5.92 Å². The Labute approximate surface area is 94.3 Å². The average Bonchev–Trinajstić information content (AvgIpc) is 2.46. The van der Waals surface area contributed by atoms with Crippen LogP contribution in [0.3, 0.4) is 0 Å². The van der Waals surface area contributed by atoms with Gasteiger partial charge in [0.05, 0.1) is 6.04 Å². The van der Waals surface area contributed by atoms with Gasteiger partial charge < -0.3 is 9.64 Å². The Morgan fingerprint density at radius 1 is 1.25 bits per heavy atom. The number of likely N-dealkylation sites (N-methyl/N-ethyl adjacent to an activating group) is 1. The van der Waals surface area contributed by atoms with E-state index in [4.69, 9.17) is 4.74 Å². The second-order valence-corrected chi connectivity index (χ2v) is 5.13. The van der Waals surface area contributed by atoms with Crippen molar-refractivity contribution in [2.45, 2.75) is 37.1 Å². The summed E-state index contributed by atoms with van der Waals surface area (Å²) in [6, 6.07) is 0.730. The number of hydrogen-bond donors (Lipinski definition) is 0. The molecular formula is C11H16N2O3. The van der Waals surface area contributed by atoms with Gasteiger partial charge in [-0.25, -0.2) is 0 Å². The standard InChI is InChI=1S/C11H16N2O3/c1-12-8-2-7-3-9(12)11(16-6-15)10(8)13(4-7)5-14/h5-11H,2-4H2,1H3. The number of piperidine rings is 2. The van der Waals surface area contributed by atoms with E-state index in [0.717, 1.165) is 25.8 Å². The van der Waals surface area contributed by atoms with Crippen LogP contribution in [0.4, 0.5) is 0 Å². The van der Waals surface area contributed by atoms with Crippen molar-refractivity contribution in [3.8, 4) is 0 Å². The molecule has 0 aromatic carbocycles. The van der Waals surface area contributed by atoms with Crippen LogP contribution in [-0.4, -0.2) is 60.5 Å². The first-order valence-corrected chi connectivity index (χ1v) is 5.78. The molecule has 3 saturated heterocycles. The molecule has 5 unspecified atom stereocenters. The molecule has 0 radical (unpaired) electrons. The lowest BCUT2D eigenvalue weighted by Gasteiger charge is -2.43. The molecule has 16 heavy (non-hydrogen) atoms. The van der Waals surface area contributed by atoms with Crippen LogP contribution in [0.15, 0.2) is 0 Å². The van der Waals surface area contributed by atoms with Gasteiger partial charge in [-0.15, -0.1) is 0 Å². The van der Waals surface area contributed by atoms with Crippen LogP contribution in [0.5, 0.6) is 0 Å². The molecule has 0 N–H and O–H groups in total. The number of likely N-dealkylation sites (tertiary alicyclic amines) is 1. The Kier molecular flexibility index (Phi) is 2.17. The third kappa shape index (κ3) is 1.15. The molecule has 3 rings (SSSR count). The van der Waals surface area contributed by atoms with E-state index >= 15 is 0 Å². The number of fused-ring (bicyclic) bond motifs is 2. The summed E-state index contributed by atoms with van der Waals surface area (Å²) in [5, 5.41) is 0. The van der Waals surface area contributed by atoms with Gasteiger partial charge in [-0.1, -0.05) is 0 Å². The van der Waals surface area contributed by atoms with E-state index in [1.807, 2.05) is 4.90 Å².